The molecule has 2 aromatic heterocycles. The second-order valence-corrected chi connectivity index (χ2v) is 10.6. The highest BCUT2D eigenvalue weighted by molar-refractivity contribution is 7.15. The van der Waals surface area contributed by atoms with E-state index in [1.54, 1.807) is 42.5 Å². The molecule has 0 spiro atoms. The highest BCUT2D eigenvalue weighted by Crippen LogP contribution is 2.30. The van der Waals surface area contributed by atoms with Gasteiger partial charge in [0.1, 0.15) is 17.1 Å². The molecule has 5 rings (SSSR count). The molecule has 0 bridgehead atoms. The van der Waals surface area contributed by atoms with Gasteiger partial charge in [0, 0.05) is 25.0 Å². The summed E-state index contributed by atoms with van der Waals surface area (Å²) in [7, 11) is 1.80. The van der Waals surface area contributed by atoms with Gasteiger partial charge in [-0.05, 0) is 61.2 Å². The fourth-order valence-electron chi connectivity index (χ4n) is 4.67. The van der Waals surface area contributed by atoms with Crippen LogP contribution in [-0.4, -0.2) is 41.3 Å². The summed E-state index contributed by atoms with van der Waals surface area (Å²) in [5.41, 5.74) is 3.40. The number of aryl methyl sites for hydroxylation is 1. The third-order valence-corrected chi connectivity index (χ3v) is 7.75. The molecule has 0 aliphatic rings. The molecule has 8 heteroatoms. The summed E-state index contributed by atoms with van der Waals surface area (Å²) in [5.74, 6) is -0.740. The fourth-order valence-corrected chi connectivity index (χ4v) is 5.59. The first kappa shape index (κ1) is 26.3. The molecule has 0 unspecified atom stereocenters. The summed E-state index contributed by atoms with van der Waals surface area (Å²) in [6, 6.07) is 23.1. The number of hydrogen-bond donors (Lipinski definition) is 1. The Balaban J connectivity index is 1.32. The number of likely N-dealkylation sites (N-methyl/N-ethyl adjacent to an activating group) is 1. The number of aromatic nitrogens is 1. The van der Waals surface area contributed by atoms with Gasteiger partial charge in [0.2, 0.25) is 0 Å². The molecule has 0 radical (unpaired) electrons. The Morgan fingerprint density at radius 3 is 2.56 bits per heavy atom. The predicted octanol–water partition coefficient (Wildman–Crippen LogP) is 6.51. The first-order valence-electron chi connectivity index (χ1n) is 12.7. The van der Waals surface area contributed by atoms with Crippen LogP contribution in [0.25, 0.3) is 21.4 Å². The molecule has 0 aliphatic carbocycles. The number of nitrogens with one attached hydrogen (secondary N) is 1. The van der Waals surface area contributed by atoms with Crippen molar-refractivity contribution in [2.24, 2.45) is 0 Å². The molecule has 39 heavy (non-hydrogen) atoms. The van der Waals surface area contributed by atoms with Gasteiger partial charge < -0.3 is 14.6 Å². The molecule has 0 saturated carbocycles. The van der Waals surface area contributed by atoms with Crippen molar-refractivity contribution in [1.82, 2.24) is 15.2 Å². The van der Waals surface area contributed by atoms with Crippen LogP contribution in [0.15, 0.2) is 89.5 Å². The van der Waals surface area contributed by atoms with E-state index < -0.39 is 0 Å². The van der Waals surface area contributed by atoms with Gasteiger partial charge in [-0.3, -0.25) is 9.59 Å². The minimum Gasteiger partial charge on any atom is -0.464 e. The quantitative estimate of drug-likeness (QED) is 0.231. The summed E-state index contributed by atoms with van der Waals surface area (Å²) in [6.07, 6.45) is 2.76. The lowest BCUT2D eigenvalue weighted by atomic mass is 10.0. The van der Waals surface area contributed by atoms with E-state index in [4.69, 9.17) is 4.42 Å². The average molecular weight is 542 g/mol. The zero-order valence-electron chi connectivity index (χ0n) is 21.7. The maximum atomic E-state index is 13.6. The maximum absolute atomic E-state index is 13.6. The highest BCUT2D eigenvalue weighted by atomic mass is 32.1. The molecule has 2 amide bonds. The minimum atomic E-state index is -0.335. The van der Waals surface area contributed by atoms with Crippen LogP contribution in [0.1, 0.15) is 37.8 Å². The van der Waals surface area contributed by atoms with Crippen molar-refractivity contribution < 1.29 is 18.4 Å². The van der Waals surface area contributed by atoms with Crippen LogP contribution in [0.5, 0.6) is 0 Å². The Morgan fingerprint density at radius 2 is 1.79 bits per heavy atom. The summed E-state index contributed by atoms with van der Waals surface area (Å²) in [4.78, 5) is 33.7. The Kier molecular flexibility index (Phi) is 7.84. The summed E-state index contributed by atoms with van der Waals surface area (Å²) in [5, 5.41) is 4.51. The lowest BCUT2D eigenvalue weighted by Crippen LogP contribution is -2.41. The van der Waals surface area contributed by atoms with E-state index in [-0.39, 0.29) is 23.7 Å². The van der Waals surface area contributed by atoms with Gasteiger partial charge in [-0.15, -0.1) is 11.3 Å². The lowest BCUT2D eigenvalue weighted by molar-refractivity contribution is 0.0724. The van der Waals surface area contributed by atoms with Gasteiger partial charge in [0.25, 0.3) is 11.8 Å². The predicted molar refractivity (Wildman–Crippen MR) is 151 cm³/mol. The fraction of sp³-hybridized carbons (Fsp3) is 0.194. The normalized spacial score (nSPS) is 11.9. The smallest absolute Gasteiger partial charge is 0.271 e. The maximum Gasteiger partial charge on any atom is 0.271 e. The zero-order chi connectivity index (χ0) is 27.4. The van der Waals surface area contributed by atoms with E-state index in [2.05, 4.69) is 10.3 Å². The van der Waals surface area contributed by atoms with Gasteiger partial charge in [0.15, 0.2) is 0 Å². The van der Waals surface area contributed by atoms with Gasteiger partial charge in [0.05, 0.1) is 21.7 Å². The Labute approximate surface area is 230 Å². The number of amides is 2. The van der Waals surface area contributed by atoms with Crippen molar-refractivity contribution in [2.45, 2.75) is 25.8 Å². The van der Waals surface area contributed by atoms with Crippen molar-refractivity contribution in [2.75, 3.05) is 13.6 Å². The number of hydrogen-bond acceptors (Lipinski definition) is 5. The van der Waals surface area contributed by atoms with Gasteiger partial charge in [-0.1, -0.05) is 48.5 Å². The van der Waals surface area contributed by atoms with Crippen LogP contribution in [0.4, 0.5) is 4.39 Å². The molecule has 0 aliphatic heterocycles. The van der Waals surface area contributed by atoms with E-state index in [0.29, 0.717) is 41.1 Å². The first-order chi connectivity index (χ1) is 18.9. The molecular weight excluding hydrogens is 513 g/mol. The number of carbonyl (C=O) groups excluding carboxylic acids is 2. The number of carbonyl (C=O) groups is 2. The van der Waals surface area contributed by atoms with Gasteiger partial charge >= 0.3 is 0 Å². The SMILES string of the molecule is Cc1nc(C(=O)NCC[C@H](Cc2ccccc2)N(C)C(=O)c2cccc3occc23)c(-c2ccc(F)cc2)s1. The van der Waals surface area contributed by atoms with E-state index in [0.717, 1.165) is 21.5 Å². The van der Waals surface area contributed by atoms with Gasteiger partial charge in [-0.25, -0.2) is 9.37 Å². The molecule has 0 saturated heterocycles. The third kappa shape index (κ3) is 5.91. The van der Waals surface area contributed by atoms with Crippen LogP contribution in [0.2, 0.25) is 0 Å². The van der Waals surface area contributed by atoms with Crippen molar-refractivity contribution in [1.29, 1.82) is 0 Å². The van der Waals surface area contributed by atoms with Crippen molar-refractivity contribution in [3.63, 3.8) is 0 Å². The van der Waals surface area contributed by atoms with E-state index >= 15 is 0 Å². The standard InChI is InChI=1S/C31H28FN3O3S/c1-20-34-28(29(39-20)22-11-13-23(32)14-12-22)30(36)33-17-15-24(19-21-7-4-3-5-8-21)35(2)31(37)26-9-6-10-27-25(26)16-18-38-27/h3-14,16,18,24H,15,17,19H2,1-2H3,(H,33,36)/t24-/m1/s1. The van der Waals surface area contributed by atoms with Crippen molar-refractivity contribution in [3.05, 3.63) is 113 Å². The number of nitrogens with zero attached hydrogens (tertiary/aromatic N) is 2. The lowest BCUT2D eigenvalue weighted by Gasteiger charge is -2.29. The average Bonchev–Trinajstić information content (AvgIpc) is 3.59. The Morgan fingerprint density at radius 1 is 1.03 bits per heavy atom. The molecule has 6 nitrogen and oxygen atoms in total. The number of benzene rings is 3. The third-order valence-electron chi connectivity index (χ3n) is 6.73. The Hall–Kier alpha value is -4.30. The molecule has 1 atom stereocenters. The Bertz CT molecular complexity index is 1590. The summed E-state index contributed by atoms with van der Waals surface area (Å²) in [6.45, 7) is 2.19. The van der Waals surface area contributed by atoms with Gasteiger partial charge in [-0.2, -0.15) is 0 Å². The molecular formula is C31H28FN3O3S. The molecule has 198 valence electrons. The van der Waals surface area contributed by atoms with E-state index in [9.17, 15) is 14.0 Å². The molecule has 5 aromatic rings. The number of halogens is 1. The summed E-state index contributed by atoms with van der Waals surface area (Å²) >= 11 is 1.40. The monoisotopic (exact) mass is 541 g/mol. The number of furan rings is 1. The van der Waals surface area contributed by atoms with Crippen LogP contribution in [-0.2, 0) is 6.42 Å². The molecule has 3 aromatic carbocycles. The highest BCUT2D eigenvalue weighted by Gasteiger charge is 2.24. The zero-order valence-corrected chi connectivity index (χ0v) is 22.5. The van der Waals surface area contributed by atoms with Crippen molar-refractivity contribution in [3.8, 4) is 10.4 Å². The summed E-state index contributed by atoms with van der Waals surface area (Å²) < 4.78 is 18.9. The van der Waals surface area contributed by atoms with Crippen LogP contribution in [0.3, 0.4) is 0 Å². The van der Waals surface area contributed by atoms with Crippen LogP contribution >= 0.6 is 11.3 Å². The molecule has 1 N–H and O–H groups in total. The molecule has 0 fully saturated rings. The first-order valence-corrected chi connectivity index (χ1v) is 13.5. The second-order valence-electron chi connectivity index (χ2n) is 9.36. The number of fused-ring (bicyclic) bond motifs is 1. The van der Waals surface area contributed by atoms with E-state index in [1.807, 2.05) is 49.4 Å². The topological polar surface area (TPSA) is 75.4 Å². The second kappa shape index (κ2) is 11.6. The number of thiazole rings is 1. The van der Waals surface area contributed by atoms with Crippen LogP contribution in [0, 0.1) is 12.7 Å². The largest absolute Gasteiger partial charge is 0.464 e. The van der Waals surface area contributed by atoms with E-state index in [1.165, 1.54) is 23.5 Å². The van der Waals surface area contributed by atoms with Crippen molar-refractivity contribution >= 4 is 34.1 Å². The number of rotatable bonds is 9. The molecule has 2 heterocycles. The minimum absolute atomic E-state index is 0.108. The van der Waals surface area contributed by atoms with Crippen LogP contribution < -0.4 is 5.32 Å².